The zero-order valence-electron chi connectivity index (χ0n) is 14.7. The Kier molecular flexibility index (Phi) is 9.42. The lowest BCUT2D eigenvalue weighted by atomic mass is 9.86. The highest BCUT2D eigenvalue weighted by Crippen LogP contribution is 2.32. The van der Waals surface area contributed by atoms with Crippen molar-refractivity contribution >= 4 is 0 Å². The third-order valence-corrected chi connectivity index (χ3v) is 4.56. The third kappa shape index (κ3) is 6.93. The van der Waals surface area contributed by atoms with Crippen LogP contribution in [0.4, 0.5) is 0 Å². The highest BCUT2D eigenvalue weighted by molar-refractivity contribution is 5.21. The molecule has 2 unspecified atom stereocenters. The van der Waals surface area contributed by atoms with Gasteiger partial charge in [-0.1, -0.05) is 76.3 Å². The molecule has 126 valence electrons. The molecular weight excluding hydrogens is 272 g/mol. The van der Waals surface area contributed by atoms with Gasteiger partial charge in [0.25, 0.3) is 0 Å². The molecule has 22 heavy (non-hydrogen) atoms. The van der Waals surface area contributed by atoms with Crippen LogP contribution in [0.1, 0.15) is 71.3 Å². The van der Waals surface area contributed by atoms with E-state index in [9.17, 15) is 0 Å². The van der Waals surface area contributed by atoms with Gasteiger partial charge in [-0.2, -0.15) is 0 Å². The molecule has 0 bridgehead atoms. The lowest BCUT2D eigenvalue weighted by molar-refractivity contribution is -0.0590. The fourth-order valence-electron chi connectivity index (χ4n) is 2.95. The first-order valence-corrected chi connectivity index (χ1v) is 8.92. The van der Waals surface area contributed by atoms with Gasteiger partial charge in [0.2, 0.25) is 0 Å². The molecule has 2 nitrogen and oxygen atoms in total. The molecule has 0 spiro atoms. The van der Waals surface area contributed by atoms with Crippen molar-refractivity contribution in [1.29, 1.82) is 0 Å². The van der Waals surface area contributed by atoms with Crippen LogP contribution in [0.15, 0.2) is 30.3 Å². The lowest BCUT2D eigenvalue weighted by Gasteiger charge is -2.31. The minimum Gasteiger partial charge on any atom is -0.394 e. The monoisotopic (exact) mass is 306 g/mol. The Balaban J connectivity index is 2.51. The standard InChI is InChI=1S/C20H34O2/c1-4-5-6-8-11-18(2)14-15-20(3,22-17-16-21)19-12-9-7-10-13-19/h7,9-10,12-13,18,21H,4-6,8,11,14-17H2,1-3H3. The first-order valence-electron chi connectivity index (χ1n) is 8.92. The summed E-state index contributed by atoms with van der Waals surface area (Å²) in [5.41, 5.74) is 0.920. The lowest BCUT2D eigenvalue weighted by Crippen LogP contribution is -2.28. The van der Waals surface area contributed by atoms with Crippen LogP contribution in [0.25, 0.3) is 0 Å². The van der Waals surface area contributed by atoms with E-state index in [2.05, 4.69) is 45.0 Å². The van der Waals surface area contributed by atoms with Crippen molar-refractivity contribution in [2.75, 3.05) is 13.2 Å². The molecule has 0 aliphatic carbocycles. The number of benzene rings is 1. The predicted octanol–water partition coefficient (Wildman–Crippen LogP) is 5.30. The average molecular weight is 306 g/mol. The number of rotatable bonds is 12. The normalized spacial score (nSPS) is 15.5. The Hall–Kier alpha value is -0.860. The Morgan fingerprint density at radius 3 is 2.45 bits per heavy atom. The van der Waals surface area contributed by atoms with Crippen molar-refractivity contribution in [2.24, 2.45) is 5.92 Å². The maximum atomic E-state index is 9.10. The Morgan fingerprint density at radius 2 is 1.82 bits per heavy atom. The molecule has 0 fully saturated rings. The fraction of sp³-hybridized carbons (Fsp3) is 0.700. The summed E-state index contributed by atoms with van der Waals surface area (Å²) in [4.78, 5) is 0. The molecule has 1 rings (SSSR count). The van der Waals surface area contributed by atoms with Crippen LogP contribution in [-0.2, 0) is 10.3 Å². The molecule has 1 aromatic carbocycles. The molecule has 1 aromatic rings. The topological polar surface area (TPSA) is 29.5 Å². The molecule has 0 aromatic heterocycles. The summed E-state index contributed by atoms with van der Waals surface area (Å²) < 4.78 is 6.01. The van der Waals surface area contributed by atoms with Crippen LogP contribution in [0.5, 0.6) is 0 Å². The molecule has 0 heterocycles. The van der Waals surface area contributed by atoms with E-state index >= 15 is 0 Å². The highest BCUT2D eigenvalue weighted by atomic mass is 16.5. The van der Waals surface area contributed by atoms with Crippen LogP contribution >= 0.6 is 0 Å². The molecular formula is C20H34O2. The molecule has 0 saturated heterocycles. The third-order valence-electron chi connectivity index (χ3n) is 4.56. The SMILES string of the molecule is CCCCCCC(C)CCC(C)(OCCO)c1ccccc1. The molecule has 0 aliphatic heterocycles. The van der Waals surface area contributed by atoms with Crippen molar-refractivity contribution < 1.29 is 9.84 Å². The minimum atomic E-state index is -0.290. The van der Waals surface area contributed by atoms with Gasteiger partial charge in [0.15, 0.2) is 0 Å². The van der Waals surface area contributed by atoms with Crippen molar-refractivity contribution in [2.45, 2.75) is 71.3 Å². The molecule has 0 saturated carbocycles. The maximum absolute atomic E-state index is 9.10. The Morgan fingerprint density at radius 1 is 1.09 bits per heavy atom. The van der Waals surface area contributed by atoms with Crippen molar-refractivity contribution in [1.82, 2.24) is 0 Å². The van der Waals surface area contributed by atoms with E-state index < -0.39 is 0 Å². The number of aliphatic hydroxyl groups excluding tert-OH is 1. The average Bonchev–Trinajstić information content (AvgIpc) is 2.56. The van der Waals surface area contributed by atoms with E-state index in [0.717, 1.165) is 12.3 Å². The first-order chi connectivity index (χ1) is 10.6. The smallest absolute Gasteiger partial charge is 0.0904 e. The van der Waals surface area contributed by atoms with Gasteiger partial charge < -0.3 is 9.84 Å². The zero-order chi connectivity index (χ0) is 16.3. The molecule has 1 N–H and O–H groups in total. The zero-order valence-corrected chi connectivity index (χ0v) is 14.7. The van der Waals surface area contributed by atoms with Crippen molar-refractivity contribution in [3.63, 3.8) is 0 Å². The van der Waals surface area contributed by atoms with E-state index in [1.165, 1.54) is 44.1 Å². The molecule has 0 amide bonds. The van der Waals surface area contributed by atoms with Gasteiger partial charge in [0.05, 0.1) is 18.8 Å². The van der Waals surface area contributed by atoms with Gasteiger partial charge in [-0.3, -0.25) is 0 Å². The summed E-state index contributed by atoms with van der Waals surface area (Å²) >= 11 is 0. The quantitative estimate of drug-likeness (QED) is 0.531. The van der Waals surface area contributed by atoms with E-state index in [1.54, 1.807) is 0 Å². The van der Waals surface area contributed by atoms with Gasteiger partial charge in [-0.15, -0.1) is 0 Å². The molecule has 0 radical (unpaired) electrons. The second-order valence-electron chi connectivity index (χ2n) is 6.66. The Labute approximate surface area is 136 Å². The number of hydrogen-bond donors (Lipinski definition) is 1. The van der Waals surface area contributed by atoms with Gasteiger partial charge in [-0.25, -0.2) is 0 Å². The van der Waals surface area contributed by atoms with Crippen molar-refractivity contribution in [3.05, 3.63) is 35.9 Å². The van der Waals surface area contributed by atoms with Crippen LogP contribution in [-0.4, -0.2) is 18.3 Å². The van der Waals surface area contributed by atoms with Crippen LogP contribution < -0.4 is 0 Å². The van der Waals surface area contributed by atoms with Gasteiger partial charge >= 0.3 is 0 Å². The van der Waals surface area contributed by atoms with E-state index in [-0.39, 0.29) is 12.2 Å². The second-order valence-corrected chi connectivity index (χ2v) is 6.66. The second kappa shape index (κ2) is 10.8. The minimum absolute atomic E-state index is 0.0784. The van der Waals surface area contributed by atoms with E-state index in [0.29, 0.717) is 6.61 Å². The first kappa shape index (κ1) is 19.2. The largest absolute Gasteiger partial charge is 0.394 e. The molecule has 0 aliphatic rings. The van der Waals surface area contributed by atoms with E-state index in [1.807, 2.05) is 6.07 Å². The number of unbranched alkanes of at least 4 members (excludes halogenated alkanes) is 3. The summed E-state index contributed by atoms with van der Waals surface area (Å²) in [5.74, 6) is 0.734. The number of hydrogen-bond acceptors (Lipinski definition) is 2. The van der Waals surface area contributed by atoms with Crippen LogP contribution in [0.2, 0.25) is 0 Å². The van der Waals surface area contributed by atoms with Crippen LogP contribution in [0, 0.1) is 5.92 Å². The summed E-state index contributed by atoms with van der Waals surface area (Å²) in [5, 5.41) is 9.10. The Bertz CT molecular complexity index is 377. The molecule has 2 atom stereocenters. The summed E-state index contributed by atoms with van der Waals surface area (Å²) in [7, 11) is 0. The number of aliphatic hydroxyl groups is 1. The maximum Gasteiger partial charge on any atom is 0.0904 e. The van der Waals surface area contributed by atoms with Gasteiger partial charge in [0.1, 0.15) is 0 Å². The highest BCUT2D eigenvalue weighted by Gasteiger charge is 2.27. The fourth-order valence-corrected chi connectivity index (χ4v) is 2.95. The number of ether oxygens (including phenoxy) is 1. The summed E-state index contributed by atoms with van der Waals surface area (Å²) in [6.45, 7) is 7.24. The summed E-state index contributed by atoms with van der Waals surface area (Å²) in [6, 6.07) is 10.4. The van der Waals surface area contributed by atoms with E-state index in [4.69, 9.17) is 9.84 Å². The van der Waals surface area contributed by atoms with Gasteiger partial charge in [-0.05, 0) is 31.2 Å². The molecule has 2 heteroatoms. The van der Waals surface area contributed by atoms with Gasteiger partial charge in [0, 0.05) is 0 Å². The van der Waals surface area contributed by atoms with Crippen molar-refractivity contribution in [3.8, 4) is 0 Å². The predicted molar refractivity (Wildman–Crippen MR) is 94.0 cm³/mol. The summed E-state index contributed by atoms with van der Waals surface area (Å²) in [6.07, 6.45) is 8.84. The van der Waals surface area contributed by atoms with Crippen LogP contribution in [0.3, 0.4) is 0 Å².